The van der Waals surface area contributed by atoms with Crippen LogP contribution in [0.5, 0.6) is 0 Å². The minimum Gasteiger partial charge on any atom is -0.480 e. The van der Waals surface area contributed by atoms with Gasteiger partial charge in [0.15, 0.2) is 0 Å². The van der Waals surface area contributed by atoms with Crippen molar-refractivity contribution in [1.82, 2.24) is 10.3 Å². The Morgan fingerprint density at radius 3 is 2.81 bits per heavy atom. The molecular weight excluding hydrogens is 328 g/mol. The second kappa shape index (κ2) is 10.1. The van der Waals surface area contributed by atoms with E-state index in [1.165, 1.54) is 0 Å². The molecule has 0 aliphatic heterocycles. The minimum atomic E-state index is -0.969. The van der Waals surface area contributed by atoms with Crippen LogP contribution in [0.1, 0.15) is 23.5 Å². The highest BCUT2D eigenvalue weighted by Crippen LogP contribution is 2.15. The van der Waals surface area contributed by atoms with Gasteiger partial charge in [-0.3, -0.25) is 4.79 Å². The lowest BCUT2D eigenvalue weighted by Crippen LogP contribution is -2.41. The second-order valence-electron chi connectivity index (χ2n) is 4.40. The maximum Gasteiger partial charge on any atom is 0.326 e. The first kappa shape index (κ1) is 18.3. The Hall–Kier alpha value is -0.730. The molecule has 0 spiro atoms. The van der Waals surface area contributed by atoms with E-state index in [0.717, 1.165) is 22.2 Å². The van der Waals surface area contributed by atoms with Crippen molar-refractivity contribution >= 4 is 46.7 Å². The summed E-state index contributed by atoms with van der Waals surface area (Å²) >= 11 is 4.82. The van der Waals surface area contributed by atoms with Crippen molar-refractivity contribution in [3.05, 3.63) is 16.1 Å². The third kappa shape index (κ3) is 7.73. The highest BCUT2D eigenvalue weighted by atomic mass is 32.2. The van der Waals surface area contributed by atoms with E-state index in [-0.39, 0.29) is 5.91 Å². The van der Waals surface area contributed by atoms with Crippen LogP contribution in [0.15, 0.2) is 5.38 Å². The van der Waals surface area contributed by atoms with E-state index in [4.69, 9.17) is 5.11 Å². The number of hydrogen-bond acceptors (Lipinski definition) is 6. The third-order valence-corrected chi connectivity index (χ3v) is 5.09. The summed E-state index contributed by atoms with van der Waals surface area (Å²) in [6.45, 7) is 1.97. The van der Waals surface area contributed by atoms with Crippen LogP contribution in [0, 0.1) is 6.92 Å². The first-order valence-corrected chi connectivity index (χ1v) is 9.95. The average Bonchev–Trinajstić information content (AvgIpc) is 2.85. The molecule has 0 aliphatic rings. The summed E-state index contributed by atoms with van der Waals surface area (Å²) in [4.78, 5) is 27.1. The Kier molecular flexibility index (Phi) is 8.79. The molecule has 5 nitrogen and oxygen atoms in total. The molecule has 0 radical (unpaired) electrons. The van der Waals surface area contributed by atoms with Gasteiger partial charge in [0.1, 0.15) is 6.04 Å². The maximum atomic E-state index is 11.7. The third-order valence-electron chi connectivity index (χ3n) is 2.63. The molecule has 0 saturated heterocycles. The molecule has 1 aromatic rings. The fourth-order valence-corrected chi connectivity index (χ4v) is 3.60. The molecular formula is C13H20N2O3S3. The highest BCUT2D eigenvalue weighted by Gasteiger charge is 2.18. The van der Waals surface area contributed by atoms with Crippen molar-refractivity contribution in [3.8, 4) is 0 Å². The molecule has 1 heterocycles. The van der Waals surface area contributed by atoms with Gasteiger partial charge in [0.25, 0.3) is 0 Å². The maximum absolute atomic E-state index is 11.7. The zero-order valence-corrected chi connectivity index (χ0v) is 14.6. The van der Waals surface area contributed by atoms with Crippen molar-refractivity contribution in [2.24, 2.45) is 0 Å². The van der Waals surface area contributed by atoms with Gasteiger partial charge in [-0.25, -0.2) is 9.78 Å². The lowest BCUT2D eigenvalue weighted by molar-refractivity contribution is -0.141. The fourth-order valence-electron chi connectivity index (χ4n) is 1.58. The molecule has 1 atom stereocenters. The number of aliphatic carboxylic acids is 1. The number of carbonyl (C=O) groups excluding carboxylic acids is 1. The minimum absolute atomic E-state index is 0.203. The predicted octanol–water partition coefficient (Wildman–Crippen LogP) is 2.40. The number of carbonyl (C=O) groups is 2. The molecule has 21 heavy (non-hydrogen) atoms. The monoisotopic (exact) mass is 348 g/mol. The van der Waals surface area contributed by atoms with Gasteiger partial charge in [-0.1, -0.05) is 0 Å². The standard InChI is InChI=1S/C13H20N2O3S3/c1-9-14-10(8-21-9)7-20-6-4-12(16)15-11(13(17)18)3-5-19-2/h8,11H,3-7H2,1-2H3,(H,15,16)(H,17,18)/t11-/m0/s1. The van der Waals surface area contributed by atoms with E-state index in [1.807, 2.05) is 18.6 Å². The average molecular weight is 349 g/mol. The van der Waals surface area contributed by atoms with Gasteiger partial charge in [0.05, 0.1) is 10.7 Å². The van der Waals surface area contributed by atoms with E-state index in [2.05, 4.69) is 10.3 Å². The molecule has 2 N–H and O–H groups in total. The number of thiazole rings is 1. The lowest BCUT2D eigenvalue weighted by Gasteiger charge is -2.13. The van der Waals surface area contributed by atoms with Crippen LogP contribution in [0.3, 0.4) is 0 Å². The molecule has 1 aromatic heterocycles. The van der Waals surface area contributed by atoms with Gasteiger partial charge in [0.2, 0.25) is 5.91 Å². The van der Waals surface area contributed by atoms with E-state index in [9.17, 15) is 9.59 Å². The predicted molar refractivity (Wildman–Crippen MR) is 90.2 cm³/mol. The largest absolute Gasteiger partial charge is 0.480 e. The van der Waals surface area contributed by atoms with E-state index >= 15 is 0 Å². The number of aryl methyl sites for hydroxylation is 1. The summed E-state index contributed by atoms with van der Waals surface area (Å²) in [5.74, 6) is 0.993. The molecule has 0 unspecified atom stereocenters. The fraction of sp³-hybridized carbons (Fsp3) is 0.615. The number of nitrogens with one attached hydrogen (secondary N) is 1. The van der Waals surface area contributed by atoms with E-state index in [0.29, 0.717) is 18.6 Å². The molecule has 1 rings (SSSR count). The number of thioether (sulfide) groups is 2. The molecule has 1 amide bonds. The molecule has 0 aromatic carbocycles. The summed E-state index contributed by atoms with van der Waals surface area (Å²) < 4.78 is 0. The van der Waals surface area contributed by atoms with Gasteiger partial charge in [-0.05, 0) is 25.4 Å². The van der Waals surface area contributed by atoms with E-state index < -0.39 is 12.0 Å². The molecule has 0 bridgehead atoms. The van der Waals surface area contributed by atoms with Crippen molar-refractivity contribution in [2.45, 2.75) is 31.6 Å². The van der Waals surface area contributed by atoms with Crippen LogP contribution in [0.2, 0.25) is 0 Å². The van der Waals surface area contributed by atoms with Crippen molar-refractivity contribution in [2.75, 3.05) is 17.8 Å². The quantitative estimate of drug-likeness (QED) is 0.632. The Balaban J connectivity index is 2.21. The second-order valence-corrected chi connectivity index (χ2v) is 7.55. The summed E-state index contributed by atoms with van der Waals surface area (Å²) in [5, 5.41) is 14.7. The number of amides is 1. The SMILES string of the molecule is CSCC[C@H](NC(=O)CCSCc1csc(C)n1)C(=O)O. The highest BCUT2D eigenvalue weighted by molar-refractivity contribution is 7.98. The van der Waals surface area contributed by atoms with Gasteiger partial charge < -0.3 is 10.4 Å². The number of nitrogens with zero attached hydrogens (tertiary/aromatic N) is 1. The van der Waals surface area contributed by atoms with Gasteiger partial charge in [-0.15, -0.1) is 11.3 Å². The number of hydrogen-bond donors (Lipinski definition) is 2. The number of rotatable bonds is 10. The van der Waals surface area contributed by atoms with Crippen LogP contribution >= 0.6 is 34.9 Å². The number of carboxylic acid groups (broad SMARTS) is 1. The molecule has 0 aliphatic carbocycles. The van der Waals surface area contributed by atoms with E-state index in [1.54, 1.807) is 34.9 Å². The van der Waals surface area contributed by atoms with Crippen molar-refractivity contribution < 1.29 is 14.7 Å². The van der Waals surface area contributed by atoms with Crippen molar-refractivity contribution in [3.63, 3.8) is 0 Å². The zero-order valence-electron chi connectivity index (χ0n) is 12.1. The zero-order chi connectivity index (χ0) is 15.7. The van der Waals surface area contributed by atoms with Gasteiger partial charge >= 0.3 is 5.97 Å². The number of aromatic nitrogens is 1. The summed E-state index contributed by atoms with van der Waals surface area (Å²) in [7, 11) is 0. The van der Waals surface area contributed by atoms with Crippen LogP contribution in [-0.4, -0.2) is 45.8 Å². The van der Waals surface area contributed by atoms with Crippen LogP contribution in [-0.2, 0) is 15.3 Å². The topological polar surface area (TPSA) is 79.3 Å². The Bertz CT molecular complexity index is 465. The Labute approximate surface area is 137 Å². The summed E-state index contributed by atoms with van der Waals surface area (Å²) in [6.07, 6.45) is 2.70. The first-order chi connectivity index (χ1) is 10.0. The van der Waals surface area contributed by atoms with Crippen LogP contribution in [0.25, 0.3) is 0 Å². The Morgan fingerprint density at radius 2 is 2.24 bits per heavy atom. The van der Waals surface area contributed by atoms with Gasteiger partial charge in [-0.2, -0.15) is 23.5 Å². The van der Waals surface area contributed by atoms with Crippen LogP contribution in [0.4, 0.5) is 0 Å². The molecule has 0 fully saturated rings. The number of carboxylic acids is 1. The van der Waals surface area contributed by atoms with Crippen molar-refractivity contribution in [1.29, 1.82) is 0 Å². The normalized spacial score (nSPS) is 12.1. The molecule has 8 heteroatoms. The Morgan fingerprint density at radius 1 is 1.48 bits per heavy atom. The van der Waals surface area contributed by atoms with Gasteiger partial charge in [0, 0.05) is 23.3 Å². The van der Waals surface area contributed by atoms with Crippen LogP contribution < -0.4 is 5.32 Å². The smallest absolute Gasteiger partial charge is 0.326 e. The molecule has 0 saturated carbocycles. The lowest BCUT2D eigenvalue weighted by atomic mass is 10.2. The summed E-state index contributed by atoms with van der Waals surface area (Å²) in [5.41, 5.74) is 1.03. The first-order valence-electron chi connectivity index (χ1n) is 6.52. The molecule has 118 valence electrons. The summed E-state index contributed by atoms with van der Waals surface area (Å²) in [6, 6.07) is -0.781.